The highest BCUT2D eigenvalue weighted by molar-refractivity contribution is 5.80. The quantitative estimate of drug-likeness (QED) is 0.787. The van der Waals surface area contributed by atoms with Gasteiger partial charge in [0.2, 0.25) is 0 Å². The highest BCUT2D eigenvalue weighted by Crippen LogP contribution is 2.38. The van der Waals surface area contributed by atoms with Crippen LogP contribution in [0, 0.1) is 6.92 Å². The van der Waals surface area contributed by atoms with Gasteiger partial charge in [-0.3, -0.25) is 9.59 Å². The van der Waals surface area contributed by atoms with E-state index in [-0.39, 0.29) is 18.8 Å². The lowest BCUT2D eigenvalue weighted by Gasteiger charge is -2.35. The molecule has 1 aromatic heterocycles. The van der Waals surface area contributed by atoms with Gasteiger partial charge in [0.25, 0.3) is 5.79 Å². The van der Waals surface area contributed by atoms with Gasteiger partial charge in [-0.05, 0) is 13.0 Å². The van der Waals surface area contributed by atoms with Crippen LogP contribution in [-0.2, 0) is 19.1 Å². The molecule has 1 unspecified atom stereocenters. The average Bonchev–Trinajstić information content (AvgIpc) is 2.74. The van der Waals surface area contributed by atoms with Crippen molar-refractivity contribution in [2.75, 3.05) is 0 Å². The maximum atomic E-state index is 11.7. The van der Waals surface area contributed by atoms with Gasteiger partial charge < -0.3 is 13.9 Å². The van der Waals surface area contributed by atoms with Crippen LogP contribution in [0.3, 0.4) is 0 Å². The van der Waals surface area contributed by atoms with Gasteiger partial charge in [-0.15, -0.1) is 0 Å². The van der Waals surface area contributed by atoms with Crippen LogP contribution in [0.15, 0.2) is 16.7 Å². The molecule has 1 aliphatic rings. The van der Waals surface area contributed by atoms with Crippen LogP contribution < -0.4 is 0 Å². The second-order valence-corrected chi connectivity index (χ2v) is 4.83. The summed E-state index contributed by atoms with van der Waals surface area (Å²) in [6.45, 7) is 5.52. The number of rotatable bonds is 3. The highest BCUT2D eigenvalue weighted by Gasteiger charge is 2.45. The number of hydrogen-bond acceptors (Lipinski definition) is 5. The van der Waals surface area contributed by atoms with E-state index in [1.807, 2.05) is 26.8 Å². The number of aryl methyl sites for hydroxylation is 1. The number of carbonyl (C=O) groups excluding carboxylic acids is 2. The Morgan fingerprint density at radius 1 is 1.26 bits per heavy atom. The van der Waals surface area contributed by atoms with E-state index in [2.05, 4.69) is 0 Å². The molecule has 0 radical (unpaired) electrons. The van der Waals surface area contributed by atoms with Crippen molar-refractivity contribution in [3.05, 3.63) is 23.7 Å². The largest absolute Gasteiger partial charge is 0.469 e. The van der Waals surface area contributed by atoms with Crippen molar-refractivity contribution in [2.45, 2.75) is 51.7 Å². The molecule has 1 aliphatic heterocycles. The van der Waals surface area contributed by atoms with Crippen molar-refractivity contribution < 1.29 is 23.5 Å². The molecular formula is C14H18O5. The first-order valence-corrected chi connectivity index (χ1v) is 6.45. The van der Waals surface area contributed by atoms with E-state index in [4.69, 9.17) is 13.9 Å². The fourth-order valence-electron chi connectivity index (χ4n) is 2.28. The summed E-state index contributed by atoms with van der Waals surface area (Å²) in [7, 11) is 0. The zero-order valence-corrected chi connectivity index (χ0v) is 11.4. The molecule has 0 bridgehead atoms. The minimum atomic E-state index is -1.24. The fraction of sp³-hybridized carbons (Fsp3) is 0.571. The molecule has 0 aromatic carbocycles. The second-order valence-electron chi connectivity index (χ2n) is 4.83. The molecule has 1 fully saturated rings. The maximum absolute atomic E-state index is 11.7. The van der Waals surface area contributed by atoms with Crippen LogP contribution >= 0.6 is 0 Å². The summed E-state index contributed by atoms with van der Waals surface area (Å²) in [6.07, 6.45) is 2.13. The summed E-state index contributed by atoms with van der Waals surface area (Å²) in [4.78, 5) is 23.3. The summed E-state index contributed by atoms with van der Waals surface area (Å²) < 4.78 is 16.1. The fourth-order valence-corrected chi connectivity index (χ4v) is 2.28. The Morgan fingerprint density at radius 3 is 2.26 bits per heavy atom. The van der Waals surface area contributed by atoms with Gasteiger partial charge in [-0.1, -0.05) is 13.8 Å². The molecular weight excluding hydrogens is 248 g/mol. The minimum absolute atomic E-state index is 0.0672. The standard InChI is InChI=1S/C14H18O5/c1-4-14(10(3)11-7-9(2)17-8-11)18-12(15)5-6-13(16)19-14/h7-8,10H,4-6H2,1-3H3. The van der Waals surface area contributed by atoms with E-state index in [1.165, 1.54) is 0 Å². The Balaban J connectivity index is 2.34. The Bertz CT molecular complexity index is 470. The first-order valence-electron chi connectivity index (χ1n) is 6.45. The zero-order valence-electron chi connectivity index (χ0n) is 11.4. The Morgan fingerprint density at radius 2 is 1.84 bits per heavy atom. The van der Waals surface area contributed by atoms with Crippen molar-refractivity contribution in [1.82, 2.24) is 0 Å². The molecule has 0 spiro atoms. The van der Waals surface area contributed by atoms with Crippen LogP contribution in [0.1, 0.15) is 50.4 Å². The molecule has 1 atom stereocenters. The first-order chi connectivity index (χ1) is 8.97. The number of esters is 2. The topological polar surface area (TPSA) is 65.7 Å². The van der Waals surface area contributed by atoms with E-state index >= 15 is 0 Å². The normalized spacial score (nSPS) is 20.4. The third kappa shape index (κ3) is 2.64. The number of carbonyl (C=O) groups is 2. The monoisotopic (exact) mass is 266 g/mol. The molecule has 0 amide bonds. The average molecular weight is 266 g/mol. The summed E-state index contributed by atoms with van der Waals surface area (Å²) in [6, 6.07) is 1.86. The third-order valence-corrected chi connectivity index (χ3v) is 3.51. The second kappa shape index (κ2) is 5.07. The van der Waals surface area contributed by atoms with E-state index in [0.717, 1.165) is 11.3 Å². The molecule has 0 saturated carbocycles. The van der Waals surface area contributed by atoms with Crippen LogP contribution in [0.25, 0.3) is 0 Å². The molecule has 5 heteroatoms. The van der Waals surface area contributed by atoms with E-state index in [1.54, 1.807) is 6.26 Å². The van der Waals surface area contributed by atoms with Gasteiger partial charge in [0.1, 0.15) is 5.76 Å². The van der Waals surface area contributed by atoms with Crippen LogP contribution in [0.2, 0.25) is 0 Å². The van der Waals surface area contributed by atoms with Gasteiger partial charge in [0.05, 0.1) is 25.0 Å². The highest BCUT2D eigenvalue weighted by atomic mass is 16.7. The van der Waals surface area contributed by atoms with E-state index < -0.39 is 17.7 Å². The molecule has 1 aromatic rings. The molecule has 5 nitrogen and oxygen atoms in total. The van der Waals surface area contributed by atoms with Crippen molar-refractivity contribution >= 4 is 11.9 Å². The Kier molecular flexibility index (Phi) is 3.64. The SMILES string of the molecule is CCC1(C(C)c2coc(C)c2)OC(=O)CCC(=O)O1. The van der Waals surface area contributed by atoms with Gasteiger partial charge in [0, 0.05) is 12.0 Å². The molecule has 2 heterocycles. The van der Waals surface area contributed by atoms with Gasteiger partial charge >= 0.3 is 11.9 Å². The molecule has 0 N–H and O–H groups in total. The number of cyclic esters (lactones) is 2. The summed E-state index contributed by atoms with van der Waals surface area (Å²) in [5, 5.41) is 0. The molecule has 1 saturated heterocycles. The number of furan rings is 1. The third-order valence-electron chi connectivity index (χ3n) is 3.51. The van der Waals surface area contributed by atoms with Gasteiger partial charge in [-0.25, -0.2) is 0 Å². The van der Waals surface area contributed by atoms with Crippen LogP contribution in [0.4, 0.5) is 0 Å². The van der Waals surface area contributed by atoms with Crippen molar-refractivity contribution in [2.24, 2.45) is 0 Å². The van der Waals surface area contributed by atoms with Crippen molar-refractivity contribution in [3.63, 3.8) is 0 Å². The van der Waals surface area contributed by atoms with Crippen LogP contribution in [-0.4, -0.2) is 17.7 Å². The minimum Gasteiger partial charge on any atom is -0.469 e. The Labute approximate surface area is 111 Å². The summed E-state index contributed by atoms with van der Waals surface area (Å²) >= 11 is 0. The molecule has 19 heavy (non-hydrogen) atoms. The predicted octanol–water partition coefficient (Wildman–Crippen LogP) is 2.68. The maximum Gasteiger partial charge on any atom is 0.309 e. The first kappa shape index (κ1) is 13.6. The van der Waals surface area contributed by atoms with E-state index in [9.17, 15) is 9.59 Å². The Hall–Kier alpha value is -1.78. The van der Waals surface area contributed by atoms with Crippen molar-refractivity contribution in [3.8, 4) is 0 Å². The summed E-state index contributed by atoms with van der Waals surface area (Å²) in [5.41, 5.74) is 0.849. The predicted molar refractivity (Wildman–Crippen MR) is 66.3 cm³/mol. The lowest BCUT2D eigenvalue weighted by atomic mass is 9.92. The van der Waals surface area contributed by atoms with Gasteiger partial charge in [-0.2, -0.15) is 0 Å². The number of hydrogen-bond donors (Lipinski definition) is 0. The molecule has 104 valence electrons. The van der Waals surface area contributed by atoms with Gasteiger partial charge in [0.15, 0.2) is 0 Å². The number of ether oxygens (including phenoxy) is 2. The van der Waals surface area contributed by atoms with Crippen LogP contribution in [0.5, 0.6) is 0 Å². The summed E-state index contributed by atoms with van der Waals surface area (Å²) in [5.74, 6) is -1.55. The lowest BCUT2D eigenvalue weighted by Crippen LogP contribution is -2.42. The van der Waals surface area contributed by atoms with Crippen molar-refractivity contribution in [1.29, 1.82) is 0 Å². The smallest absolute Gasteiger partial charge is 0.309 e. The molecule has 0 aliphatic carbocycles. The zero-order chi connectivity index (χ0) is 14.0. The molecule has 2 rings (SSSR count). The van der Waals surface area contributed by atoms with E-state index in [0.29, 0.717) is 6.42 Å². The lowest BCUT2D eigenvalue weighted by molar-refractivity contribution is -0.230.